The summed E-state index contributed by atoms with van der Waals surface area (Å²) in [5.41, 5.74) is 6.54. The lowest BCUT2D eigenvalue weighted by Crippen LogP contribution is -2.23. The monoisotopic (exact) mass is 329 g/mol. The third-order valence-corrected chi connectivity index (χ3v) is 4.14. The molecule has 0 spiro atoms. The van der Waals surface area contributed by atoms with Crippen molar-refractivity contribution in [2.75, 3.05) is 31.2 Å². The highest BCUT2D eigenvalue weighted by Gasteiger charge is 2.22. The van der Waals surface area contributed by atoms with E-state index in [1.54, 1.807) is 12.1 Å². The van der Waals surface area contributed by atoms with Crippen LogP contribution in [0, 0.1) is 5.92 Å². The fourth-order valence-corrected chi connectivity index (χ4v) is 2.85. The highest BCUT2D eigenvalue weighted by molar-refractivity contribution is 6.40. The summed E-state index contributed by atoms with van der Waals surface area (Å²) >= 11 is 12.1. The average molecular weight is 330 g/mol. The first-order valence-corrected chi connectivity index (χ1v) is 7.94. The maximum absolute atomic E-state index is 11.9. The van der Waals surface area contributed by atoms with Crippen molar-refractivity contribution in [2.24, 2.45) is 5.92 Å². The van der Waals surface area contributed by atoms with Crippen LogP contribution in [0.4, 0.5) is 11.4 Å². The van der Waals surface area contributed by atoms with E-state index in [1.807, 2.05) is 0 Å². The number of halogens is 2. The molecule has 116 valence electrons. The third-order valence-electron chi connectivity index (χ3n) is 3.54. The van der Waals surface area contributed by atoms with E-state index in [4.69, 9.17) is 28.9 Å². The molecule has 2 rings (SSSR count). The van der Waals surface area contributed by atoms with Gasteiger partial charge in [-0.1, -0.05) is 23.2 Å². The fourth-order valence-electron chi connectivity index (χ4n) is 2.26. The summed E-state index contributed by atoms with van der Waals surface area (Å²) in [6.45, 7) is 2.06. The lowest BCUT2D eigenvalue weighted by atomic mass is 10.2. The van der Waals surface area contributed by atoms with Gasteiger partial charge < -0.3 is 16.0 Å². The van der Waals surface area contributed by atoms with Gasteiger partial charge in [0.05, 0.1) is 15.7 Å². The van der Waals surface area contributed by atoms with Gasteiger partial charge in [0.2, 0.25) is 5.91 Å². The summed E-state index contributed by atoms with van der Waals surface area (Å²) in [5.74, 6) is 0.791. The molecular formula is C15H21Cl2N3O. The van der Waals surface area contributed by atoms with Gasteiger partial charge in [0.15, 0.2) is 0 Å². The number of benzene rings is 1. The van der Waals surface area contributed by atoms with Crippen LogP contribution in [0.2, 0.25) is 10.0 Å². The Kier molecular flexibility index (Phi) is 5.73. The number of nitrogens with zero attached hydrogens (tertiary/aromatic N) is 1. The van der Waals surface area contributed by atoms with Crippen LogP contribution >= 0.6 is 23.2 Å². The lowest BCUT2D eigenvalue weighted by Gasteiger charge is -2.16. The number of nitrogens with two attached hydrogens (primary N) is 1. The van der Waals surface area contributed by atoms with Gasteiger partial charge in [0.25, 0.3) is 0 Å². The maximum atomic E-state index is 11.9. The van der Waals surface area contributed by atoms with Crippen molar-refractivity contribution in [1.29, 1.82) is 0 Å². The van der Waals surface area contributed by atoms with E-state index in [-0.39, 0.29) is 5.91 Å². The standard InChI is InChI=1S/C15H21Cl2N3O/c1-20(9-10-4-5-10)6-2-3-14(21)19-15-12(16)7-11(18)8-13(15)17/h7-8,10H,2-6,9,18H2,1H3,(H,19,21). The molecule has 6 heteroatoms. The second-order valence-corrected chi connectivity index (χ2v) is 6.53. The van der Waals surface area contributed by atoms with Gasteiger partial charge in [-0.25, -0.2) is 0 Å². The Morgan fingerprint density at radius 3 is 2.57 bits per heavy atom. The number of amides is 1. The molecule has 0 aliphatic heterocycles. The summed E-state index contributed by atoms with van der Waals surface area (Å²) in [5, 5.41) is 3.48. The van der Waals surface area contributed by atoms with E-state index in [1.165, 1.54) is 12.8 Å². The highest BCUT2D eigenvalue weighted by atomic mass is 35.5. The molecule has 21 heavy (non-hydrogen) atoms. The molecule has 4 nitrogen and oxygen atoms in total. The van der Waals surface area contributed by atoms with Crippen molar-refractivity contribution in [3.8, 4) is 0 Å². The minimum atomic E-state index is -0.0802. The van der Waals surface area contributed by atoms with E-state index in [0.29, 0.717) is 27.8 Å². The van der Waals surface area contributed by atoms with E-state index >= 15 is 0 Å². The molecule has 3 N–H and O–H groups in total. The van der Waals surface area contributed by atoms with Crippen molar-refractivity contribution < 1.29 is 4.79 Å². The number of rotatable bonds is 7. The molecular weight excluding hydrogens is 309 g/mol. The Morgan fingerprint density at radius 1 is 1.38 bits per heavy atom. The molecule has 1 amide bonds. The number of carbonyl (C=O) groups is 1. The average Bonchev–Trinajstić information content (AvgIpc) is 3.17. The van der Waals surface area contributed by atoms with Crippen LogP contribution in [0.25, 0.3) is 0 Å². The van der Waals surface area contributed by atoms with E-state index in [9.17, 15) is 4.79 Å². The quantitative estimate of drug-likeness (QED) is 0.751. The first kappa shape index (κ1) is 16.4. The maximum Gasteiger partial charge on any atom is 0.224 e. The molecule has 0 heterocycles. The van der Waals surface area contributed by atoms with Crippen LogP contribution in [0.1, 0.15) is 25.7 Å². The Balaban J connectivity index is 1.76. The number of hydrogen-bond acceptors (Lipinski definition) is 3. The van der Waals surface area contributed by atoms with Gasteiger partial charge in [-0.2, -0.15) is 0 Å². The predicted octanol–water partition coefficient (Wildman–Crippen LogP) is 3.64. The van der Waals surface area contributed by atoms with Crippen LogP contribution in [-0.2, 0) is 4.79 Å². The van der Waals surface area contributed by atoms with Crippen molar-refractivity contribution >= 4 is 40.5 Å². The summed E-state index contributed by atoms with van der Waals surface area (Å²) in [4.78, 5) is 14.2. The second kappa shape index (κ2) is 7.34. The summed E-state index contributed by atoms with van der Waals surface area (Å²) in [6.07, 6.45) is 3.96. The minimum Gasteiger partial charge on any atom is -0.399 e. The van der Waals surface area contributed by atoms with Gasteiger partial charge in [0.1, 0.15) is 0 Å². The Morgan fingerprint density at radius 2 is 2.00 bits per heavy atom. The number of carbonyl (C=O) groups excluding carboxylic acids is 1. The van der Waals surface area contributed by atoms with Crippen LogP contribution in [0.5, 0.6) is 0 Å². The minimum absolute atomic E-state index is 0.0802. The Labute approximate surface area is 135 Å². The third kappa shape index (κ3) is 5.38. The topological polar surface area (TPSA) is 58.4 Å². The van der Waals surface area contributed by atoms with Crippen molar-refractivity contribution in [2.45, 2.75) is 25.7 Å². The van der Waals surface area contributed by atoms with E-state index < -0.39 is 0 Å². The second-order valence-electron chi connectivity index (χ2n) is 5.72. The van der Waals surface area contributed by atoms with Crippen LogP contribution < -0.4 is 11.1 Å². The molecule has 1 aliphatic rings. The molecule has 0 saturated heterocycles. The lowest BCUT2D eigenvalue weighted by molar-refractivity contribution is -0.116. The first-order chi connectivity index (χ1) is 9.95. The van der Waals surface area contributed by atoms with Crippen LogP contribution in [-0.4, -0.2) is 30.9 Å². The highest BCUT2D eigenvalue weighted by Crippen LogP contribution is 2.33. The SMILES string of the molecule is CN(CCCC(=O)Nc1c(Cl)cc(N)cc1Cl)CC1CC1. The molecule has 0 unspecified atom stereocenters. The summed E-state index contributed by atoms with van der Waals surface area (Å²) in [6, 6.07) is 3.15. The van der Waals surface area contributed by atoms with Crippen LogP contribution in [0.15, 0.2) is 12.1 Å². The zero-order valence-corrected chi connectivity index (χ0v) is 13.7. The Hall–Kier alpha value is -0.970. The van der Waals surface area contributed by atoms with Crippen LogP contribution in [0.3, 0.4) is 0 Å². The van der Waals surface area contributed by atoms with Gasteiger partial charge in [-0.15, -0.1) is 0 Å². The van der Waals surface area contributed by atoms with Crippen molar-refractivity contribution in [3.05, 3.63) is 22.2 Å². The van der Waals surface area contributed by atoms with Gasteiger partial charge in [0, 0.05) is 18.7 Å². The number of nitrogen functional groups attached to an aromatic ring is 1. The summed E-state index contributed by atoms with van der Waals surface area (Å²) < 4.78 is 0. The molecule has 1 aromatic carbocycles. The summed E-state index contributed by atoms with van der Waals surface area (Å²) in [7, 11) is 2.10. The molecule has 0 bridgehead atoms. The molecule has 1 saturated carbocycles. The number of hydrogen-bond donors (Lipinski definition) is 2. The smallest absolute Gasteiger partial charge is 0.224 e. The molecule has 1 fully saturated rings. The Bertz CT molecular complexity index is 495. The number of nitrogens with one attached hydrogen (secondary N) is 1. The fraction of sp³-hybridized carbons (Fsp3) is 0.533. The normalized spacial score (nSPS) is 14.5. The van der Waals surface area contributed by atoms with Crippen molar-refractivity contribution in [3.63, 3.8) is 0 Å². The van der Waals surface area contributed by atoms with E-state index in [0.717, 1.165) is 25.4 Å². The first-order valence-electron chi connectivity index (χ1n) is 7.18. The number of anilines is 2. The van der Waals surface area contributed by atoms with Crippen molar-refractivity contribution in [1.82, 2.24) is 4.90 Å². The molecule has 0 radical (unpaired) electrons. The molecule has 0 atom stereocenters. The van der Waals surface area contributed by atoms with Gasteiger partial charge >= 0.3 is 0 Å². The molecule has 1 aliphatic carbocycles. The largest absolute Gasteiger partial charge is 0.399 e. The zero-order valence-electron chi connectivity index (χ0n) is 12.2. The van der Waals surface area contributed by atoms with E-state index in [2.05, 4.69) is 17.3 Å². The molecule has 1 aromatic rings. The van der Waals surface area contributed by atoms with Gasteiger partial charge in [-0.3, -0.25) is 4.79 Å². The zero-order chi connectivity index (χ0) is 15.4. The molecule has 0 aromatic heterocycles. The van der Waals surface area contributed by atoms with Gasteiger partial charge in [-0.05, 0) is 50.9 Å². The predicted molar refractivity (Wildman–Crippen MR) is 89.0 cm³/mol.